The zero-order valence-corrected chi connectivity index (χ0v) is 12.9. The number of rotatable bonds is 3. The molecule has 1 aliphatic rings. The lowest BCUT2D eigenvalue weighted by Gasteiger charge is -2.44. The van der Waals surface area contributed by atoms with Gasteiger partial charge in [0.1, 0.15) is 0 Å². The first kappa shape index (κ1) is 13.6. The van der Waals surface area contributed by atoms with Gasteiger partial charge in [-0.15, -0.1) is 11.8 Å². The molecular formula is C18H21NS. The van der Waals surface area contributed by atoms with E-state index in [-0.39, 0.29) is 5.54 Å². The van der Waals surface area contributed by atoms with E-state index in [0.29, 0.717) is 5.25 Å². The average molecular weight is 283 g/mol. The van der Waals surface area contributed by atoms with Crippen LogP contribution in [0.2, 0.25) is 0 Å². The van der Waals surface area contributed by atoms with Gasteiger partial charge >= 0.3 is 0 Å². The van der Waals surface area contributed by atoms with Crippen molar-refractivity contribution >= 4 is 17.4 Å². The van der Waals surface area contributed by atoms with E-state index in [1.165, 1.54) is 29.0 Å². The van der Waals surface area contributed by atoms with Gasteiger partial charge in [-0.1, -0.05) is 55.8 Å². The Morgan fingerprint density at radius 2 is 1.75 bits per heavy atom. The summed E-state index contributed by atoms with van der Waals surface area (Å²) in [5.41, 5.74) is 2.63. The lowest BCUT2D eigenvalue weighted by atomic mass is 9.85. The molecule has 1 nitrogen and oxygen atoms in total. The molecule has 0 aromatic heterocycles. The van der Waals surface area contributed by atoms with Gasteiger partial charge in [-0.3, -0.25) is 0 Å². The van der Waals surface area contributed by atoms with E-state index in [0.717, 1.165) is 0 Å². The highest BCUT2D eigenvalue weighted by atomic mass is 32.2. The van der Waals surface area contributed by atoms with Crippen LogP contribution in [0.15, 0.2) is 59.5 Å². The minimum absolute atomic E-state index is 0.00368. The second kappa shape index (κ2) is 5.53. The van der Waals surface area contributed by atoms with E-state index >= 15 is 0 Å². The van der Waals surface area contributed by atoms with E-state index in [1.807, 2.05) is 11.8 Å². The highest BCUT2D eigenvalue weighted by Crippen LogP contribution is 2.48. The average Bonchev–Trinajstić information content (AvgIpc) is 2.49. The molecule has 2 aromatic carbocycles. The molecule has 20 heavy (non-hydrogen) atoms. The Morgan fingerprint density at radius 1 is 1.05 bits per heavy atom. The third-order valence-electron chi connectivity index (χ3n) is 4.12. The lowest BCUT2D eigenvalue weighted by molar-refractivity contribution is 0.481. The first-order valence-corrected chi connectivity index (χ1v) is 8.21. The van der Waals surface area contributed by atoms with E-state index < -0.39 is 0 Å². The molecule has 0 unspecified atom stereocenters. The molecule has 0 saturated carbocycles. The van der Waals surface area contributed by atoms with Gasteiger partial charge in [0, 0.05) is 15.8 Å². The maximum Gasteiger partial charge on any atom is 0.0719 e. The number of thioether (sulfide) groups is 1. The smallest absolute Gasteiger partial charge is 0.0719 e. The number of para-hydroxylation sites is 1. The zero-order chi connectivity index (χ0) is 14.0. The summed E-state index contributed by atoms with van der Waals surface area (Å²) in [4.78, 5) is 1.37. The van der Waals surface area contributed by atoms with Crippen molar-refractivity contribution in [2.45, 2.75) is 42.4 Å². The standard InChI is InChI=1S/C18H21NS/c1-3-9-17-18(2,14-10-5-4-6-11-14)19-15-12-7-8-13-16(15)20-17/h4-8,10-13,17,19H,3,9H2,1-2H3/t17-,18-/m0/s1. The van der Waals surface area contributed by atoms with Gasteiger partial charge in [0.2, 0.25) is 0 Å². The number of hydrogen-bond donors (Lipinski definition) is 1. The molecule has 1 N–H and O–H groups in total. The third kappa shape index (κ3) is 2.33. The summed E-state index contributed by atoms with van der Waals surface area (Å²) in [7, 11) is 0. The number of benzene rings is 2. The molecule has 0 spiro atoms. The Morgan fingerprint density at radius 3 is 2.50 bits per heavy atom. The van der Waals surface area contributed by atoms with Gasteiger partial charge in [-0.25, -0.2) is 0 Å². The number of hydrogen-bond acceptors (Lipinski definition) is 2. The molecule has 0 saturated heterocycles. The quantitative estimate of drug-likeness (QED) is 0.821. The minimum Gasteiger partial charge on any atom is -0.374 e. The molecule has 2 aromatic rings. The summed E-state index contributed by atoms with van der Waals surface area (Å²) in [6.07, 6.45) is 2.43. The summed E-state index contributed by atoms with van der Waals surface area (Å²) in [5.74, 6) is 0. The maximum absolute atomic E-state index is 3.80. The Hall–Kier alpha value is -1.41. The van der Waals surface area contributed by atoms with Crippen LogP contribution in [0.1, 0.15) is 32.3 Å². The summed E-state index contributed by atoms with van der Waals surface area (Å²) in [5, 5.41) is 4.36. The molecule has 104 valence electrons. The zero-order valence-electron chi connectivity index (χ0n) is 12.1. The van der Waals surface area contributed by atoms with E-state index in [4.69, 9.17) is 0 Å². The highest BCUT2D eigenvalue weighted by Gasteiger charge is 2.39. The van der Waals surface area contributed by atoms with Crippen LogP contribution >= 0.6 is 11.8 Å². The summed E-state index contributed by atoms with van der Waals surface area (Å²) >= 11 is 2.02. The van der Waals surface area contributed by atoms with Gasteiger partial charge in [-0.2, -0.15) is 0 Å². The van der Waals surface area contributed by atoms with Crippen molar-refractivity contribution in [1.29, 1.82) is 0 Å². The first-order valence-electron chi connectivity index (χ1n) is 7.33. The second-order valence-corrected chi connectivity index (χ2v) is 6.83. The number of anilines is 1. The van der Waals surface area contributed by atoms with Crippen LogP contribution in [-0.2, 0) is 5.54 Å². The van der Waals surface area contributed by atoms with Gasteiger partial charge in [-0.05, 0) is 31.0 Å². The van der Waals surface area contributed by atoms with Crippen molar-refractivity contribution in [2.24, 2.45) is 0 Å². The largest absolute Gasteiger partial charge is 0.374 e. The lowest BCUT2D eigenvalue weighted by Crippen LogP contribution is -2.44. The minimum atomic E-state index is -0.00368. The van der Waals surface area contributed by atoms with E-state index in [2.05, 4.69) is 73.8 Å². The first-order chi connectivity index (χ1) is 9.74. The fourth-order valence-electron chi connectivity index (χ4n) is 2.96. The molecule has 0 fully saturated rings. The number of nitrogens with one attached hydrogen (secondary N) is 1. The molecule has 0 bridgehead atoms. The Labute approximate surface area is 125 Å². The Bertz CT molecular complexity index is 581. The molecule has 2 heteroatoms. The van der Waals surface area contributed by atoms with Crippen LogP contribution in [0.4, 0.5) is 5.69 Å². The van der Waals surface area contributed by atoms with E-state index in [9.17, 15) is 0 Å². The SMILES string of the molecule is CCC[C@@H]1Sc2ccccc2N[C@@]1(C)c1ccccc1. The van der Waals surface area contributed by atoms with Crippen LogP contribution in [0.25, 0.3) is 0 Å². The van der Waals surface area contributed by atoms with Gasteiger partial charge in [0.25, 0.3) is 0 Å². The summed E-state index contributed by atoms with van der Waals surface area (Å²) in [6, 6.07) is 19.5. The van der Waals surface area contributed by atoms with Crippen molar-refractivity contribution in [3.05, 3.63) is 60.2 Å². The third-order valence-corrected chi connectivity index (χ3v) is 5.72. The van der Waals surface area contributed by atoms with Crippen molar-refractivity contribution < 1.29 is 0 Å². The Kier molecular flexibility index (Phi) is 3.75. The highest BCUT2D eigenvalue weighted by molar-refractivity contribution is 8.00. The molecule has 0 amide bonds. The Balaban J connectivity index is 2.04. The van der Waals surface area contributed by atoms with Gasteiger partial charge in [0.15, 0.2) is 0 Å². The van der Waals surface area contributed by atoms with Gasteiger partial charge < -0.3 is 5.32 Å². The van der Waals surface area contributed by atoms with Gasteiger partial charge in [0.05, 0.1) is 5.54 Å². The van der Waals surface area contributed by atoms with Crippen LogP contribution in [0.5, 0.6) is 0 Å². The number of fused-ring (bicyclic) bond motifs is 1. The molecule has 1 aliphatic heterocycles. The molecule has 2 atom stereocenters. The maximum atomic E-state index is 3.80. The van der Waals surface area contributed by atoms with Crippen LogP contribution < -0.4 is 5.32 Å². The fourth-order valence-corrected chi connectivity index (χ4v) is 4.45. The van der Waals surface area contributed by atoms with Crippen molar-refractivity contribution in [3.8, 4) is 0 Å². The molecule has 0 radical (unpaired) electrons. The molecular weight excluding hydrogens is 262 g/mol. The monoisotopic (exact) mass is 283 g/mol. The summed E-state index contributed by atoms with van der Waals surface area (Å²) < 4.78 is 0. The normalized spacial score (nSPS) is 24.8. The second-order valence-electron chi connectivity index (χ2n) is 5.58. The predicted octanol–water partition coefficient (Wildman–Crippen LogP) is 5.29. The molecule has 3 rings (SSSR count). The van der Waals surface area contributed by atoms with Crippen LogP contribution in [0.3, 0.4) is 0 Å². The molecule has 0 aliphatic carbocycles. The van der Waals surface area contributed by atoms with Crippen molar-refractivity contribution in [2.75, 3.05) is 5.32 Å². The van der Waals surface area contributed by atoms with Crippen molar-refractivity contribution in [1.82, 2.24) is 0 Å². The fraction of sp³-hybridized carbons (Fsp3) is 0.333. The van der Waals surface area contributed by atoms with Crippen LogP contribution in [-0.4, -0.2) is 5.25 Å². The topological polar surface area (TPSA) is 12.0 Å². The summed E-state index contributed by atoms with van der Waals surface area (Å²) in [6.45, 7) is 4.61. The van der Waals surface area contributed by atoms with E-state index in [1.54, 1.807) is 0 Å². The van der Waals surface area contributed by atoms with Crippen LogP contribution in [0, 0.1) is 0 Å². The molecule has 1 heterocycles. The predicted molar refractivity (Wildman–Crippen MR) is 88.4 cm³/mol. The van der Waals surface area contributed by atoms with Crippen molar-refractivity contribution in [3.63, 3.8) is 0 Å².